The molecular formula is C10H13N3O. The Morgan fingerprint density at radius 2 is 2.50 bits per heavy atom. The van der Waals surface area contributed by atoms with E-state index in [0.29, 0.717) is 12.2 Å². The molecule has 14 heavy (non-hydrogen) atoms. The molecule has 0 saturated heterocycles. The number of aromatic nitrogens is 1. The molecule has 1 heterocycles. The van der Waals surface area contributed by atoms with Gasteiger partial charge in [0.2, 0.25) is 0 Å². The van der Waals surface area contributed by atoms with E-state index in [1.165, 1.54) is 0 Å². The highest BCUT2D eigenvalue weighted by molar-refractivity contribution is 5.56. The van der Waals surface area contributed by atoms with E-state index < -0.39 is 0 Å². The highest BCUT2D eigenvalue weighted by Gasteiger charge is 2.04. The number of nitrogens with one attached hydrogen (secondary N) is 1. The van der Waals surface area contributed by atoms with E-state index >= 15 is 0 Å². The third kappa shape index (κ3) is 2.71. The summed E-state index contributed by atoms with van der Waals surface area (Å²) in [4.78, 5) is 3.88. The fourth-order valence-electron chi connectivity index (χ4n) is 1.17. The first-order valence-corrected chi connectivity index (χ1v) is 4.37. The van der Waals surface area contributed by atoms with Crippen molar-refractivity contribution in [2.45, 2.75) is 13.0 Å². The van der Waals surface area contributed by atoms with Gasteiger partial charge in [0.25, 0.3) is 0 Å². The summed E-state index contributed by atoms with van der Waals surface area (Å²) in [7, 11) is 1.65. The molecule has 0 fully saturated rings. The van der Waals surface area contributed by atoms with E-state index in [0.717, 1.165) is 5.69 Å². The van der Waals surface area contributed by atoms with Crippen molar-refractivity contribution in [3.63, 3.8) is 0 Å². The van der Waals surface area contributed by atoms with Crippen molar-refractivity contribution in [3.8, 4) is 6.07 Å². The maximum absolute atomic E-state index is 8.80. The second-order valence-electron chi connectivity index (χ2n) is 3.03. The van der Waals surface area contributed by atoms with Crippen LogP contribution < -0.4 is 5.32 Å². The minimum atomic E-state index is 0.175. The molecule has 1 aromatic heterocycles. The van der Waals surface area contributed by atoms with Gasteiger partial charge in [0.15, 0.2) is 0 Å². The molecule has 0 aromatic carbocycles. The van der Waals surface area contributed by atoms with Gasteiger partial charge in [0.1, 0.15) is 6.07 Å². The number of nitrogens with zero attached hydrogens (tertiary/aromatic N) is 2. The average molecular weight is 191 g/mol. The Bertz CT molecular complexity index is 332. The minimum absolute atomic E-state index is 0.175. The molecule has 74 valence electrons. The predicted molar refractivity (Wildman–Crippen MR) is 53.9 cm³/mol. The van der Waals surface area contributed by atoms with Crippen LogP contribution in [0.2, 0.25) is 0 Å². The minimum Gasteiger partial charge on any atom is -0.383 e. The number of ether oxygens (including phenoxy) is 1. The van der Waals surface area contributed by atoms with Gasteiger partial charge in [0, 0.05) is 25.5 Å². The molecule has 1 unspecified atom stereocenters. The first kappa shape index (κ1) is 10.5. The summed E-state index contributed by atoms with van der Waals surface area (Å²) in [5.41, 5.74) is 1.35. The molecule has 0 aliphatic rings. The van der Waals surface area contributed by atoms with Gasteiger partial charge in [-0.2, -0.15) is 5.26 Å². The van der Waals surface area contributed by atoms with Crippen LogP contribution in [0.3, 0.4) is 0 Å². The molecule has 1 atom stereocenters. The van der Waals surface area contributed by atoms with E-state index in [1.54, 1.807) is 25.6 Å². The van der Waals surface area contributed by atoms with Crippen LogP contribution in [0.25, 0.3) is 0 Å². The number of hydrogen-bond acceptors (Lipinski definition) is 4. The lowest BCUT2D eigenvalue weighted by Gasteiger charge is -2.14. The normalized spacial score (nSPS) is 11.8. The smallest absolute Gasteiger partial charge is 0.103 e. The Labute approximate surface area is 83.5 Å². The van der Waals surface area contributed by atoms with E-state index in [2.05, 4.69) is 16.4 Å². The average Bonchev–Trinajstić information content (AvgIpc) is 2.19. The third-order valence-electron chi connectivity index (χ3n) is 1.76. The van der Waals surface area contributed by atoms with Gasteiger partial charge in [0.05, 0.1) is 17.9 Å². The molecule has 0 radical (unpaired) electrons. The number of hydrogen-bond donors (Lipinski definition) is 1. The van der Waals surface area contributed by atoms with Crippen molar-refractivity contribution in [1.82, 2.24) is 4.98 Å². The lowest BCUT2D eigenvalue weighted by molar-refractivity contribution is 0.190. The second-order valence-corrected chi connectivity index (χ2v) is 3.03. The first-order valence-electron chi connectivity index (χ1n) is 4.37. The summed E-state index contributed by atoms with van der Waals surface area (Å²) in [6.07, 6.45) is 3.20. The quantitative estimate of drug-likeness (QED) is 0.781. The molecule has 1 N–H and O–H groups in total. The van der Waals surface area contributed by atoms with E-state index in [-0.39, 0.29) is 6.04 Å². The predicted octanol–water partition coefficient (Wildman–Crippen LogP) is 1.40. The topological polar surface area (TPSA) is 57.9 Å². The van der Waals surface area contributed by atoms with Crippen LogP contribution in [0.5, 0.6) is 0 Å². The lowest BCUT2D eigenvalue weighted by atomic mass is 10.2. The molecule has 0 spiro atoms. The van der Waals surface area contributed by atoms with Crippen LogP contribution in [0, 0.1) is 11.3 Å². The largest absolute Gasteiger partial charge is 0.383 e. The summed E-state index contributed by atoms with van der Waals surface area (Å²) in [5.74, 6) is 0. The van der Waals surface area contributed by atoms with Crippen molar-refractivity contribution in [2.24, 2.45) is 0 Å². The Kier molecular flexibility index (Phi) is 3.89. The fourth-order valence-corrected chi connectivity index (χ4v) is 1.17. The molecule has 1 rings (SSSR count). The second kappa shape index (κ2) is 5.20. The zero-order chi connectivity index (χ0) is 10.4. The maximum Gasteiger partial charge on any atom is 0.103 e. The van der Waals surface area contributed by atoms with Gasteiger partial charge in [-0.3, -0.25) is 4.98 Å². The number of anilines is 1. The number of rotatable bonds is 4. The Morgan fingerprint density at radius 3 is 3.14 bits per heavy atom. The highest BCUT2D eigenvalue weighted by Crippen LogP contribution is 2.12. The maximum atomic E-state index is 8.80. The van der Waals surface area contributed by atoms with Crippen molar-refractivity contribution < 1.29 is 4.74 Å². The lowest BCUT2D eigenvalue weighted by Crippen LogP contribution is -2.21. The standard InChI is InChI=1S/C10H13N3O/c1-8(7-14-2)13-10-3-4-12-6-9(10)5-11/h3-4,6,8H,7H2,1-2H3,(H,12,13). The van der Waals surface area contributed by atoms with E-state index in [1.807, 2.05) is 6.92 Å². The molecule has 1 aromatic rings. The fraction of sp³-hybridized carbons (Fsp3) is 0.400. The number of methoxy groups -OCH3 is 1. The Hall–Kier alpha value is -1.60. The van der Waals surface area contributed by atoms with Crippen molar-refractivity contribution in [1.29, 1.82) is 5.26 Å². The van der Waals surface area contributed by atoms with Gasteiger partial charge in [-0.25, -0.2) is 0 Å². The summed E-state index contributed by atoms with van der Waals surface area (Å²) >= 11 is 0. The third-order valence-corrected chi connectivity index (χ3v) is 1.76. The Balaban J connectivity index is 2.71. The van der Waals surface area contributed by atoms with Crippen LogP contribution in [-0.2, 0) is 4.74 Å². The molecule has 0 aliphatic heterocycles. The summed E-state index contributed by atoms with van der Waals surface area (Å²) in [5, 5.41) is 12.0. The van der Waals surface area contributed by atoms with E-state index in [9.17, 15) is 0 Å². The van der Waals surface area contributed by atoms with Crippen molar-refractivity contribution in [3.05, 3.63) is 24.0 Å². The molecule has 0 saturated carbocycles. The van der Waals surface area contributed by atoms with Crippen LogP contribution >= 0.6 is 0 Å². The first-order chi connectivity index (χ1) is 6.77. The van der Waals surface area contributed by atoms with Crippen LogP contribution in [0.1, 0.15) is 12.5 Å². The molecule has 0 aliphatic carbocycles. The van der Waals surface area contributed by atoms with Crippen LogP contribution in [0.4, 0.5) is 5.69 Å². The molecular weight excluding hydrogens is 178 g/mol. The van der Waals surface area contributed by atoms with Gasteiger partial charge in [-0.05, 0) is 13.0 Å². The van der Waals surface area contributed by atoms with Crippen LogP contribution in [0.15, 0.2) is 18.5 Å². The zero-order valence-electron chi connectivity index (χ0n) is 8.32. The zero-order valence-corrected chi connectivity index (χ0v) is 8.32. The molecule has 4 heteroatoms. The van der Waals surface area contributed by atoms with Gasteiger partial charge < -0.3 is 10.1 Å². The van der Waals surface area contributed by atoms with E-state index in [4.69, 9.17) is 10.00 Å². The van der Waals surface area contributed by atoms with Crippen molar-refractivity contribution in [2.75, 3.05) is 19.0 Å². The van der Waals surface area contributed by atoms with Crippen LogP contribution in [-0.4, -0.2) is 24.7 Å². The summed E-state index contributed by atoms with van der Waals surface area (Å²) < 4.78 is 4.99. The van der Waals surface area contributed by atoms with Gasteiger partial charge in [-0.1, -0.05) is 0 Å². The van der Waals surface area contributed by atoms with Gasteiger partial charge in [-0.15, -0.1) is 0 Å². The SMILES string of the molecule is COCC(C)Nc1ccncc1C#N. The summed E-state index contributed by atoms with van der Waals surface area (Å²) in [6, 6.07) is 4.04. The highest BCUT2D eigenvalue weighted by atomic mass is 16.5. The van der Waals surface area contributed by atoms with Gasteiger partial charge >= 0.3 is 0 Å². The van der Waals surface area contributed by atoms with Crippen molar-refractivity contribution >= 4 is 5.69 Å². The Morgan fingerprint density at radius 1 is 1.71 bits per heavy atom. The number of nitriles is 1. The molecule has 0 amide bonds. The number of pyridine rings is 1. The molecule has 4 nitrogen and oxygen atoms in total. The summed E-state index contributed by atoms with van der Waals surface area (Å²) in [6.45, 7) is 2.60. The monoisotopic (exact) mass is 191 g/mol. The molecule has 0 bridgehead atoms.